The van der Waals surface area contributed by atoms with E-state index in [0.29, 0.717) is 11.8 Å². The Morgan fingerprint density at radius 3 is 2.15 bits per heavy atom. The highest BCUT2D eigenvalue weighted by Crippen LogP contribution is 2.55. The van der Waals surface area contributed by atoms with E-state index in [2.05, 4.69) is 153 Å². The Kier molecular flexibility index (Phi) is 7.90. The third-order valence-corrected chi connectivity index (χ3v) is 12.5. The lowest BCUT2D eigenvalue weighted by molar-refractivity contribution is 0.641. The maximum atomic E-state index is 5.04. The van der Waals surface area contributed by atoms with Crippen molar-refractivity contribution in [2.45, 2.75) is 70.9 Å². The summed E-state index contributed by atoms with van der Waals surface area (Å²) < 4.78 is 0. The van der Waals surface area contributed by atoms with E-state index in [1.807, 2.05) is 24.5 Å². The maximum absolute atomic E-state index is 5.04. The van der Waals surface area contributed by atoms with Crippen molar-refractivity contribution in [3.05, 3.63) is 190 Å². The standard InChI is InChI=1S/C50H46N4/c1-31-27-35-13-5-6-15-39(35)44(28-31)54(48-18-10-12-26-52-48)46-30-34(4)38-20-22-41-45(29-33(3)37-21-23-42(46)50(38)49(37)41)53(47-17-9-11-25-51-47)43-24-19-32(2)36-14-7-8-16-40(36)43/h5-18,20-26,28,30-32,42,45-46H,19,27,29H2,1-4H3. The van der Waals surface area contributed by atoms with Crippen LogP contribution in [0.1, 0.15) is 103 Å². The first-order valence-corrected chi connectivity index (χ1v) is 19.7. The molecule has 0 radical (unpaired) electrons. The molecule has 0 fully saturated rings. The number of aromatic nitrogens is 2. The molecule has 3 aromatic carbocycles. The van der Waals surface area contributed by atoms with Gasteiger partial charge in [-0.15, -0.1) is 0 Å². The van der Waals surface area contributed by atoms with E-state index in [0.717, 1.165) is 30.9 Å². The highest BCUT2D eigenvalue weighted by Gasteiger charge is 2.42. The normalized spacial score (nSPS) is 23.3. The van der Waals surface area contributed by atoms with Crippen LogP contribution in [0.3, 0.4) is 0 Å². The maximum Gasteiger partial charge on any atom is 0.133 e. The largest absolute Gasteiger partial charge is 0.318 e. The van der Waals surface area contributed by atoms with Crippen molar-refractivity contribution >= 4 is 34.2 Å². The average molecular weight is 703 g/mol. The Balaban J connectivity index is 1.16. The Hall–Kier alpha value is -5.74. The zero-order valence-electron chi connectivity index (χ0n) is 31.6. The molecule has 4 nitrogen and oxygen atoms in total. The number of nitrogens with zero attached hydrogens (tertiary/aromatic N) is 4. The lowest BCUT2D eigenvalue weighted by atomic mass is 9.67. The second-order valence-electron chi connectivity index (χ2n) is 15.9. The van der Waals surface area contributed by atoms with Crippen LogP contribution in [0.4, 0.5) is 11.6 Å². The van der Waals surface area contributed by atoms with Crippen LogP contribution in [0, 0.1) is 5.92 Å². The van der Waals surface area contributed by atoms with Gasteiger partial charge in [-0.05, 0) is 114 Å². The van der Waals surface area contributed by atoms with Crippen LogP contribution >= 0.6 is 0 Å². The van der Waals surface area contributed by atoms with Crippen molar-refractivity contribution in [3.8, 4) is 0 Å². The molecule has 0 saturated heterocycles. The van der Waals surface area contributed by atoms with Crippen molar-refractivity contribution in [1.29, 1.82) is 0 Å². The van der Waals surface area contributed by atoms with E-state index in [4.69, 9.17) is 9.97 Å². The van der Waals surface area contributed by atoms with Gasteiger partial charge in [-0.1, -0.05) is 123 Å². The minimum atomic E-state index is 0.0447. The zero-order chi connectivity index (χ0) is 36.5. The molecule has 266 valence electrons. The van der Waals surface area contributed by atoms with Crippen LogP contribution in [-0.4, -0.2) is 16.0 Å². The summed E-state index contributed by atoms with van der Waals surface area (Å²) in [6, 6.07) is 35.6. The summed E-state index contributed by atoms with van der Waals surface area (Å²) in [5.74, 6) is 3.02. The minimum absolute atomic E-state index is 0.0447. The monoisotopic (exact) mass is 702 g/mol. The second kappa shape index (κ2) is 13.0. The Labute approximate surface area is 319 Å². The number of benzene rings is 3. The first-order valence-electron chi connectivity index (χ1n) is 19.7. The molecule has 0 saturated carbocycles. The number of hydrogen-bond donors (Lipinski definition) is 0. The highest BCUT2D eigenvalue weighted by molar-refractivity contribution is 5.93. The molecule has 10 rings (SSSR count). The molecule has 4 heteroatoms. The summed E-state index contributed by atoms with van der Waals surface area (Å²) >= 11 is 0. The zero-order valence-corrected chi connectivity index (χ0v) is 31.6. The number of hydrogen-bond acceptors (Lipinski definition) is 4. The van der Waals surface area contributed by atoms with Gasteiger partial charge >= 0.3 is 0 Å². The number of rotatable bonds is 6. The average Bonchev–Trinajstić information content (AvgIpc) is 3.20. The van der Waals surface area contributed by atoms with Gasteiger partial charge in [0.05, 0.1) is 12.1 Å². The molecule has 5 unspecified atom stereocenters. The van der Waals surface area contributed by atoms with Crippen LogP contribution in [0.5, 0.6) is 0 Å². The van der Waals surface area contributed by atoms with Crippen molar-refractivity contribution in [1.82, 2.24) is 9.97 Å². The van der Waals surface area contributed by atoms with Crippen LogP contribution in [0.25, 0.3) is 22.5 Å². The fourth-order valence-corrected chi connectivity index (χ4v) is 10.1. The van der Waals surface area contributed by atoms with E-state index in [-0.39, 0.29) is 18.0 Å². The van der Waals surface area contributed by atoms with E-state index in [1.54, 1.807) is 0 Å². The third-order valence-electron chi connectivity index (χ3n) is 12.5. The molecule has 0 spiro atoms. The van der Waals surface area contributed by atoms with Crippen molar-refractivity contribution in [2.24, 2.45) is 5.92 Å². The van der Waals surface area contributed by atoms with Crippen LogP contribution in [0.15, 0.2) is 145 Å². The van der Waals surface area contributed by atoms with E-state index in [1.165, 1.54) is 72.6 Å². The predicted octanol–water partition coefficient (Wildman–Crippen LogP) is 11.9. The molecule has 2 heterocycles. The summed E-state index contributed by atoms with van der Waals surface area (Å²) in [6.45, 7) is 9.35. The molecule has 0 amide bonds. The van der Waals surface area contributed by atoms with Crippen LogP contribution < -0.4 is 9.80 Å². The van der Waals surface area contributed by atoms with E-state index < -0.39 is 0 Å². The van der Waals surface area contributed by atoms with Crippen LogP contribution in [0.2, 0.25) is 0 Å². The van der Waals surface area contributed by atoms with Crippen molar-refractivity contribution < 1.29 is 0 Å². The molecular formula is C50H46N4. The summed E-state index contributed by atoms with van der Waals surface area (Å²) in [5, 5.41) is 0. The fourth-order valence-electron chi connectivity index (χ4n) is 10.1. The molecular weight excluding hydrogens is 657 g/mol. The summed E-state index contributed by atoms with van der Waals surface area (Å²) in [5.41, 5.74) is 17.7. The van der Waals surface area contributed by atoms with Gasteiger partial charge < -0.3 is 9.80 Å². The quantitative estimate of drug-likeness (QED) is 0.176. The number of pyridine rings is 2. The molecule has 5 aromatic rings. The van der Waals surface area contributed by atoms with E-state index in [9.17, 15) is 0 Å². The first-order chi connectivity index (χ1) is 26.5. The predicted molar refractivity (Wildman–Crippen MR) is 224 cm³/mol. The van der Waals surface area contributed by atoms with Gasteiger partial charge in [-0.3, -0.25) is 0 Å². The smallest absolute Gasteiger partial charge is 0.133 e. The summed E-state index contributed by atoms with van der Waals surface area (Å²) in [6.07, 6.45) is 19.3. The molecule has 0 N–H and O–H groups in total. The minimum Gasteiger partial charge on any atom is -0.318 e. The van der Waals surface area contributed by atoms with Gasteiger partial charge in [0.15, 0.2) is 0 Å². The molecule has 0 aliphatic heterocycles. The lowest BCUT2D eigenvalue weighted by Crippen LogP contribution is -2.41. The summed E-state index contributed by atoms with van der Waals surface area (Å²) in [7, 11) is 0. The van der Waals surface area contributed by atoms with Gasteiger partial charge in [-0.25, -0.2) is 9.97 Å². The van der Waals surface area contributed by atoms with Crippen molar-refractivity contribution in [3.63, 3.8) is 0 Å². The molecule has 5 aliphatic rings. The molecule has 54 heavy (non-hydrogen) atoms. The topological polar surface area (TPSA) is 32.3 Å². The van der Waals surface area contributed by atoms with Gasteiger partial charge in [0.2, 0.25) is 0 Å². The number of fused-ring (bicyclic) bond motifs is 2. The van der Waals surface area contributed by atoms with E-state index >= 15 is 0 Å². The third kappa shape index (κ3) is 5.18. The molecule has 5 atom stereocenters. The van der Waals surface area contributed by atoms with Gasteiger partial charge in [0, 0.05) is 40.8 Å². The van der Waals surface area contributed by atoms with Gasteiger partial charge in [0.25, 0.3) is 0 Å². The van der Waals surface area contributed by atoms with Crippen LogP contribution in [-0.2, 0) is 6.42 Å². The van der Waals surface area contributed by atoms with Crippen molar-refractivity contribution in [2.75, 3.05) is 9.80 Å². The Morgan fingerprint density at radius 2 is 1.37 bits per heavy atom. The number of allylic oxidation sites excluding steroid dienone is 5. The Bertz CT molecular complexity index is 2450. The van der Waals surface area contributed by atoms with Gasteiger partial charge in [-0.2, -0.15) is 0 Å². The summed E-state index contributed by atoms with van der Waals surface area (Å²) in [4.78, 5) is 15.2. The molecule has 5 aliphatic carbocycles. The van der Waals surface area contributed by atoms with Gasteiger partial charge in [0.1, 0.15) is 11.6 Å². The fraction of sp³-hybridized carbons (Fsp3) is 0.240. The lowest BCUT2D eigenvalue weighted by Gasteiger charge is -2.46. The molecule has 0 bridgehead atoms. The first kappa shape index (κ1) is 32.9. The SMILES string of the molecule is CC1=CC(N(C2=CC(C)Cc3ccccc32)c2ccccn2)C2C=CC3=C(C)CC(N(C4=CCC(C)c5ccccc54)c4ccccn4)c4ccc1c2c43. The molecule has 2 aromatic heterocycles. The second-order valence-corrected chi connectivity index (χ2v) is 15.9. The highest BCUT2D eigenvalue weighted by atomic mass is 15.2. The Morgan fingerprint density at radius 1 is 0.648 bits per heavy atom. The number of anilines is 2.